The average Bonchev–Trinajstić information content (AvgIpc) is 2.66. The highest BCUT2D eigenvalue weighted by atomic mass is 32.2. The highest BCUT2D eigenvalue weighted by Gasteiger charge is 2.14. The number of benzene rings is 1. The number of hydrogen-bond donors (Lipinski definition) is 2. The molecule has 0 spiro atoms. The van der Waals surface area contributed by atoms with Crippen LogP contribution in [0.2, 0.25) is 0 Å². The van der Waals surface area contributed by atoms with E-state index in [1.807, 2.05) is 18.2 Å². The molecule has 1 aromatic carbocycles. The molecule has 5 heteroatoms. The molecule has 17 heavy (non-hydrogen) atoms. The minimum atomic E-state index is -2.15. The molecule has 0 saturated heterocycles. The predicted molar refractivity (Wildman–Crippen MR) is 67.8 cm³/mol. The summed E-state index contributed by atoms with van der Waals surface area (Å²) in [5, 5.41) is 5.69. The Morgan fingerprint density at radius 3 is 3.00 bits per heavy atom. The second kappa shape index (κ2) is 4.01. The topological polar surface area (TPSA) is 62.0 Å². The molecule has 0 aliphatic carbocycles. The number of aromatic amines is 1. The molecule has 88 valence electrons. The van der Waals surface area contributed by atoms with Crippen LogP contribution in [0.1, 0.15) is 16.8 Å². The van der Waals surface area contributed by atoms with E-state index in [9.17, 15) is 8.42 Å². The fraction of sp³-hybridized carbons (Fsp3) is 0.250. The van der Waals surface area contributed by atoms with Crippen LogP contribution in [0.3, 0.4) is 0 Å². The van der Waals surface area contributed by atoms with Crippen LogP contribution in [0, 0.1) is 0 Å². The average molecular weight is 248 g/mol. The van der Waals surface area contributed by atoms with E-state index in [4.69, 9.17) is 0 Å². The molecule has 0 fully saturated rings. The fourth-order valence-corrected chi connectivity index (χ4v) is 2.74. The number of rotatable bonds is 1. The molecule has 1 aliphatic heterocycles. The quantitative estimate of drug-likeness (QED) is 0.735. The van der Waals surface area contributed by atoms with Crippen molar-refractivity contribution in [1.82, 2.24) is 10.3 Å². The van der Waals surface area contributed by atoms with Crippen molar-refractivity contribution in [1.29, 1.82) is 0 Å². The lowest BCUT2D eigenvalue weighted by Gasteiger charge is -2.12. The molecule has 0 bridgehead atoms. The summed E-state index contributed by atoms with van der Waals surface area (Å²) >= 11 is 0. The zero-order valence-electron chi connectivity index (χ0n) is 9.16. The zero-order valence-corrected chi connectivity index (χ0v) is 9.97. The lowest BCUT2D eigenvalue weighted by atomic mass is 10.0. The Kier molecular flexibility index (Phi) is 2.49. The molecule has 0 saturated carbocycles. The second-order valence-corrected chi connectivity index (χ2v) is 4.95. The van der Waals surface area contributed by atoms with E-state index in [0.29, 0.717) is 0 Å². The molecule has 3 rings (SSSR count). The van der Waals surface area contributed by atoms with Gasteiger partial charge in [-0.25, -0.2) is 0 Å². The number of H-pyrrole nitrogens is 1. The maximum Gasteiger partial charge on any atom is 0.214 e. The van der Waals surface area contributed by atoms with Gasteiger partial charge in [0.1, 0.15) is 0 Å². The van der Waals surface area contributed by atoms with Gasteiger partial charge in [-0.15, -0.1) is 0 Å². The van der Waals surface area contributed by atoms with Gasteiger partial charge in [-0.2, -0.15) is 8.42 Å². The molecule has 2 heterocycles. The van der Waals surface area contributed by atoms with Crippen LogP contribution in [0.15, 0.2) is 18.2 Å². The Hall–Kier alpha value is -1.59. The predicted octanol–water partition coefficient (Wildman–Crippen LogP) is 0.843. The minimum Gasteiger partial charge on any atom is -0.357 e. The standard InChI is InChI=1S/C12H12N2O2S/c15-17(16)7-8-1-2-11-10(5-8)9-3-4-13-6-12(9)14-11/h1-2,5,7,13-14H,3-4,6H2. The van der Waals surface area contributed by atoms with E-state index in [1.54, 1.807) is 0 Å². The minimum absolute atomic E-state index is 0.728. The van der Waals surface area contributed by atoms with E-state index >= 15 is 0 Å². The molecular weight excluding hydrogens is 236 g/mol. The maximum absolute atomic E-state index is 10.7. The molecule has 2 N–H and O–H groups in total. The Labute approximate surface area is 100 Å². The van der Waals surface area contributed by atoms with Crippen molar-refractivity contribution in [3.8, 4) is 0 Å². The summed E-state index contributed by atoms with van der Waals surface area (Å²) in [6, 6.07) is 5.69. The smallest absolute Gasteiger partial charge is 0.214 e. The van der Waals surface area contributed by atoms with Crippen LogP contribution in [0.5, 0.6) is 0 Å². The maximum atomic E-state index is 10.7. The van der Waals surface area contributed by atoms with E-state index in [0.717, 1.165) is 36.0 Å². The fourth-order valence-electron chi connectivity index (χ4n) is 2.37. The second-order valence-electron chi connectivity index (χ2n) is 4.19. The molecule has 1 aliphatic rings. The van der Waals surface area contributed by atoms with Gasteiger partial charge in [0.25, 0.3) is 0 Å². The van der Waals surface area contributed by atoms with E-state index < -0.39 is 10.3 Å². The van der Waals surface area contributed by atoms with Gasteiger partial charge < -0.3 is 10.3 Å². The highest BCUT2D eigenvalue weighted by molar-refractivity contribution is 7.71. The Balaban J connectivity index is 2.24. The van der Waals surface area contributed by atoms with Gasteiger partial charge in [0.2, 0.25) is 10.3 Å². The van der Waals surface area contributed by atoms with E-state index in [-0.39, 0.29) is 0 Å². The number of nitrogens with one attached hydrogen (secondary N) is 2. The summed E-state index contributed by atoms with van der Waals surface area (Å²) in [7, 11) is -2.15. The van der Waals surface area contributed by atoms with Crippen LogP contribution in [-0.4, -0.2) is 25.3 Å². The van der Waals surface area contributed by atoms with Crippen LogP contribution in [-0.2, 0) is 23.3 Å². The van der Waals surface area contributed by atoms with Crippen molar-refractivity contribution < 1.29 is 8.42 Å². The molecule has 0 radical (unpaired) electrons. The van der Waals surface area contributed by atoms with Gasteiger partial charge in [0.05, 0.1) is 5.37 Å². The van der Waals surface area contributed by atoms with Crippen molar-refractivity contribution >= 4 is 26.6 Å². The highest BCUT2D eigenvalue weighted by Crippen LogP contribution is 2.25. The van der Waals surface area contributed by atoms with Gasteiger partial charge >= 0.3 is 0 Å². The summed E-state index contributed by atoms with van der Waals surface area (Å²) in [6.45, 7) is 1.83. The van der Waals surface area contributed by atoms with Crippen molar-refractivity contribution in [3.05, 3.63) is 35.0 Å². The molecule has 1 aromatic heterocycles. The van der Waals surface area contributed by atoms with Gasteiger partial charge in [-0.1, -0.05) is 6.07 Å². The van der Waals surface area contributed by atoms with Crippen molar-refractivity contribution in [2.24, 2.45) is 0 Å². The summed E-state index contributed by atoms with van der Waals surface area (Å²) in [4.78, 5) is 3.37. The normalized spacial score (nSPS) is 14.6. The molecule has 2 aromatic rings. The third kappa shape index (κ3) is 1.87. The molecule has 4 nitrogen and oxygen atoms in total. The lowest BCUT2D eigenvalue weighted by molar-refractivity contribution is 0.627. The monoisotopic (exact) mass is 248 g/mol. The van der Waals surface area contributed by atoms with Crippen LogP contribution >= 0.6 is 0 Å². The largest absolute Gasteiger partial charge is 0.357 e. The van der Waals surface area contributed by atoms with Crippen molar-refractivity contribution in [3.63, 3.8) is 0 Å². The van der Waals surface area contributed by atoms with Crippen LogP contribution in [0.4, 0.5) is 0 Å². The first-order valence-corrected chi connectivity index (χ1v) is 6.65. The Morgan fingerprint density at radius 2 is 2.18 bits per heavy atom. The summed E-state index contributed by atoms with van der Waals surface area (Å²) < 4.78 is 21.3. The molecule has 0 unspecified atom stereocenters. The Morgan fingerprint density at radius 1 is 1.29 bits per heavy atom. The van der Waals surface area contributed by atoms with Gasteiger partial charge in [0.15, 0.2) is 0 Å². The summed E-state index contributed by atoms with van der Waals surface area (Å²) in [5.74, 6) is 0. The first-order chi connectivity index (χ1) is 8.24. The molecular formula is C12H12N2O2S. The van der Waals surface area contributed by atoms with Gasteiger partial charge in [-0.3, -0.25) is 0 Å². The summed E-state index contributed by atoms with van der Waals surface area (Å²) in [6.07, 6.45) is 0.985. The molecule has 0 atom stereocenters. The van der Waals surface area contributed by atoms with E-state index in [2.05, 4.69) is 10.3 Å². The van der Waals surface area contributed by atoms with E-state index in [1.165, 1.54) is 16.6 Å². The third-order valence-electron chi connectivity index (χ3n) is 3.10. The van der Waals surface area contributed by atoms with Crippen LogP contribution in [0.25, 0.3) is 10.9 Å². The zero-order chi connectivity index (χ0) is 11.8. The van der Waals surface area contributed by atoms with Crippen LogP contribution < -0.4 is 5.32 Å². The number of hydrogen-bond acceptors (Lipinski definition) is 3. The Bertz CT molecular complexity index is 705. The SMILES string of the molecule is O=S(=O)=Cc1ccc2[nH]c3c(c2c1)CCNC3. The number of fused-ring (bicyclic) bond motifs is 3. The molecule has 0 amide bonds. The van der Waals surface area contributed by atoms with Gasteiger partial charge in [0, 0.05) is 23.1 Å². The van der Waals surface area contributed by atoms with Crippen molar-refractivity contribution in [2.75, 3.05) is 6.54 Å². The van der Waals surface area contributed by atoms with Crippen molar-refractivity contribution in [2.45, 2.75) is 13.0 Å². The first-order valence-electron chi connectivity index (χ1n) is 5.51. The lowest BCUT2D eigenvalue weighted by Crippen LogP contribution is -2.22. The first kappa shape index (κ1) is 10.6. The van der Waals surface area contributed by atoms with Gasteiger partial charge in [-0.05, 0) is 36.2 Å². The summed E-state index contributed by atoms with van der Waals surface area (Å²) in [5.41, 5.74) is 4.33. The number of aromatic nitrogens is 1. The third-order valence-corrected chi connectivity index (χ3v) is 3.57.